The Morgan fingerprint density at radius 2 is 2.14 bits per heavy atom. The molecular weight excluding hydrogens is 185 g/mol. The minimum Gasteiger partial charge on any atom is -0.503 e. The lowest BCUT2D eigenvalue weighted by Crippen LogP contribution is -2.05. The minimum atomic E-state index is -0.679. The van der Waals surface area contributed by atoms with Crippen LogP contribution in [0.5, 0.6) is 5.75 Å². The molecule has 0 fully saturated rings. The van der Waals surface area contributed by atoms with Crippen LogP contribution in [0, 0.1) is 12.7 Å². The van der Waals surface area contributed by atoms with E-state index in [9.17, 15) is 9.18 Å². The van der Waals surface area contributed by atoms with Gasteiger partial charge in [0.15, 0.2) is 5.75 Å². The molecule has 0 saturated carbocycles. The van der Waals surface area contributed by atoms with Gasteiger partial charge in [0.1, 0.15) is 5.82 Å². The van der Waals surface area contributed by atoms with Crippen LogP contribution in [0.1, 0.15) is 5.56 Å². The van der Waals surface area contributed by atoms with Gasteiger partial charge in [0.2, 0.25) is 0 Å². The van der Waals surface area contributed by atoms with Crippen molar-refractivity contribution in [2.75, 3.05) is 0 Å². The number of benzene rings is 1. The molecule has 1 aromatic heterocycles. The molecule has 1 aromatic carbocycles. The van der Waals surface area contributed by atoms with Crippen LogP contribution in [0.2, 0.25) is 0 Å². The third-order valence-corrected chi connectivity index (χ3v) is 2.16. The lowest BCUT2D eigenvalue weighted by molar-refractivity contribution is 0.467. The van der Waals surface area contributed by atoms with Crippen LogP contribution in [0.25, 0.3) is 10.9 Å². The first-order valence-electron chi connectivity index (χ1n) is 4.10. The van der Waals surface area contributed by atoms with Crippen LogP contribution < -0.4 is 5.56 Å². The number of aromatic amines is 1. The zero-order chi connectivity index (χ0) is 10.3. The first kappa shape index (κ1) is 8.74. The van der Waals surface area contributed by atoms with Crippen molar-refractivity contribution in [2.45, 2.75) is 6.92 Å². The van der Waals surface area contributed by atoms with Gasteiger partial charge in [0, 0.05) is 5.39 Å². The third-order valence-electron chi connectivity index (χ3n) is 2.16. The molecule has 0 bridgehead atoms. The molecule has 0 atom stereocenters. The first-order valence-corrected chi connectivity index (χ1v) is 4.10. The second kappa shape index (κ2) is 2.83. The van der Waals surface area contributed by atoms with E-state index < -0.39 is 17.1 Å². The summed E-state index contributed by atoms with van der Waals surface area (Å²) >= 11 is 0. The molecule has 14 heavy (non-hydrogen) atoms. The summed E-state index contributed by atoms with van der Waals surface area (Å²) in [6.45, 7) is 1.78. The van der Waals surface area contributed by atoms with Crippen LogP contribution in [0.15, 0.2) is 23.0 Å². The maximum Gasteiger partial charge on any atom is 0.290 e. The van der Waals surface area contributed by atoms with E-state index in [1.165, 1.54) is 12.1 Å². The molecule has 2 N–H and O–H groups in total. The molecule has 4 heteroatoms. The Kier molecular flexibility index (Phi) is 1.77. The standard InChI is InChI=1S/C10H8FNO2/c1-5-2-3-7(11)9-6(5)4-8(13)10(14)12-9/h2-4,13H,1H3,(H,12,14). The molecule has 0 radical (unpaired) electrons. The predicted molar refractivity (Wildman–Crippen MR) is 50.9 cm³/mol. The highest BCUT2D eigenvalue weighted by molar-refractivity contribution is 5.83. The number of nitrogens with one attached hydrogen (secondary N) is 1. The van der Waals surface area contributed by atoms with Gasteiger partial charge in [-0.15, -0.1) is 0 Å². The van der Waals surface area contributed by atoms with E-state index in [1.807, 2.05) is 0 Å². The molecule has 0 aliphatic carbocycles. The van der Waals surface area contributed by atoms with E-state index in [0.29, 0.717) is 5.39 Å². The van der Waals surface area contributed by atoms with Crippen LogP contribution in [0.3, 0.4) is 0 Å². The topological polar surface area (TPSA) is 53.1 Å². The number of fused-ring (bicyclic) bond motifs is 1. The Morgan fingerprint density at radius 1 is 1.43 bits per heavy atom. The zero-order valence-corrected chi connectivity index (χ0v) is 7.47. The normalized spacial score (nSPS) is 10.7. The minimum absolute atomic E-state index is 0.132. The number of rotatable bonds is 0. The van der Waals surface area contributed by atoms with Gasteiger partial charge in [0.05, 0.1) is 5.52 Å². The fourth-order valence-electron chi connectivity index (χ4n) is 1.39. The number of H-pyrrole nitrogens is 1. The molecule has 0 saturated heterocycles. The molecule has 0 amide bonds. The van der Waals surface area contributed by atoms with Crippen molar-refractivity contribution in [3.8, 4) is 5.75 Å². The van der Waals surface area contributed by atoms with E-state index in [-0.39, 0.29) is 5.52 Å². The van der Waals surface area contributed by atoms with Crippen LogP contribution in [-0.4, -0.2) is 10.1 Å². The van der Waals surface area contributed by atoms with Crippen LogP contribution >= 0.6 is 0 Å². The van der Waals surface area contributed by atoms with E-state index in [4.69, 9.17) is 5.11 Å². The van der Waals surface area contributed by atoms with Crippen LogP contribution in [-0.2, 0) is 0 Å². The SMILES string of the molecule is Cc1ccc(F)c2[nH]c(=O)c(O)cc12. The number of aromatic hydroxyl groups is 1. The van der Waals surface area contributed by atoms with Gasteiger partial charge in [-0.2, -0.15) is 0 Å². The van der Waals surface area contributed by atoms with Crippen molar-refractivity contribution in [3.63, 3.8) is 0 Å². The Balaban J connectivity index is 3.01. The number of aromatic nitrogens is 1. The average Bonchev–Trinajstić information content (AvgIpc) is 2.15. The maximum absolute atomic E-state index is 13.2. The van der Waals surface area contributed by atoms with Gasteiger partial charge in [-0.1, -0.05) is 6.07 Å². The van der Waals surface area contributed by atoms with E-state index in [1.54, 1.807) is 13.0 Å². The summed E-state index contributed by atoms with van der Waals surface area (Å²) in [5.74, 6) is -0.895. The van der Waals surface area contributed by atoms with E-state index in [0.717, 1.165) is 5.56 Å². The Morgan fingerprint density at radius 3 is 2.86 bits per heavy atom. The van der Waals surface area contributed by atoms with Crippen LogP contribution in [0.4, 0.5) is 4.39 Å². The number of halogens is 1. The molecular formula is C10H8FNO2. The molecule has 0 aliphatic rings. The lowest BCUT2D eigenvalue weighted by atomic mass is 10.1. The molecule has 3 nitrogen and oxygen atoms in total. The van der Waals surface area contributed by atoms with Crippen molar-refractivity contribution < 1.29 is 9.50 Å². The number of hydrogen-bond donors (Lipinski definition) is 2. The van der Waals surface area contributed by atoms with Crippen molar-refractivity contribution >= 4 is 10.9 Å². The fraction of sp³-hybridized carbons (Fsp3) is 0.100. The highest BCUT2D eigenvalue weighted by atomic mass is 19.1. The quantitative estimate of drug-likeness (QED) is 0.668. The smallest absolute Gasteiger partial charge is 0.290 e. The van der Waals surface area contributed by atoms with Gasteiger partial charge in [0.25, 0.3) is 5.56 Å². The maximum atomic E-state index is 13.2. The van der Waals surface area contributed by atoms with Gasteiger partial charge >= 0.3 is 0 Å². The molecule has 1 heterocycles. The van der Waals surface area contributed by atoms with Crippen molar-refractivity contribution in [1.29, 1.82) is 0 Å². The van der Waals surface area contributed by atoms with E-state index >= 15 is 0 Å². The predicted octanol–water partition coefficient (Wildman–Crippen LogP) is 1.68. The largest absolute Gasteiger partial charge is 0.503 e. The van der Waals surface area contributed by atoms with E-state index in [2.05, 4.69) is 4.98 Å². The molecule has 72 valence electrons. The highest BCUT2D eigenvalue weighted by Crippen LogP contribution is 2.20. The Hall–Kier alpha value is -1.84. The highest BCUT2D eigenvalue weighted by Gasteiger charge is 2.06. The summed E-state index contributed by atoms with van der Waals surface area (Å²) in [4.78, 5) is 13.3. The summed E-state index contributed by atoms with van der Waals surface area (Å²) in [6, 6.07) is 4.15. The zero-order valence-electron chi connectivity index (χ0n) is 7.47. The number of aryl methyl sites for hydroxylation is 1. The number of pyridine rings is 1. The number of hydrogen-bond acceptors (Lipinski definition) is 2. The van der Waals surface area contributed by atoms with Crippen molar-refractivity contribution in [2.24, 2.45) is 0 Å². The molecule has 2 rings (SSSR count). The van der Waals surface area contributed by atoms with Gasteiger partial charge in [-0.3, -0.25) is 4.79 Å². The summed E-state index contributed by atoms with van der Waals surface area (Å²) in [6.07, 6.45) is 0. The first-order chi connectivity index (χ1) is 6.59. The lowest BCUT2D eigenvalue weighted by Gasteiger charge is -2.02. The second-order valence-electron chi connectivity index (χ2n) is 3.14. The second-order valence-corrected chi connectivity index (χ2v) is 3.14. The summed E-state index contributed by atoms with van der Waals surface area (Å²) in [5.41, 5.74) is 0.253. The fourth-order valence-corrected chi connectivity index (χ4v) is 1.39. The third kappa shape index (κ3) is 1.16. The van der Waals surface area contributed by atoms with Gasteiger partial charge in [-0.05, 0) is 24.6 Å². The van der Waals surface area contributed by atoms with Gasteiger partial charge in [-0.25, -0.2) is 4.39 Å². The molecule has 0 aliphatic heterocycles. The van der Waals surface area contributed by atoms with Crippen molar-refractivity contribution in [3.05, 3.63) is 39.9 Å². The Bertz CT molecular complexity index is 560. The van der Waals surface area contributed by atoms with Crippen molar-refractivity contribution in [1.82, 2.24) is 4.98 Å². The summed E-state index contributed by atoms with van der Waals surface area (Å²) in [7, 11) is 0. The monoisotopic (exact) mass is 193 g/mol. The average molecular weight is 193 g/mol. The molecule has 0 unspecified atom stereocenters. The molecule has 0 spiro atoms. The summed E-state index contributed by atoms with van der Waals surface area (Å²) in [5, 5.41) is 9.68. The summed E-state index contributed by atoms with van der Waals surface area (Å²) < 4.78 is 13.2. The Labute approximate surface area is 78.8 Å². The van der Waals surface area contributed by atoms with Gasteiger partial charge < -0.3 is 10.1 Å². The molecule has 2 aromatic rings.